The van der Waals surface area contributed by atoms with Crippen LogP contribution in [-0.2, 0) is 11.3 Å². The number of hydrogen-bond donors (Lipinski definition) is 3. The van der Waals surface area contributed by atoms with E-state index in [9.17, 15) is 27.6 Å². The van der Waals surface area contributed by atoms with Gasteiger partial charge < -0.3 is 25.2 Å². The second kappa shape index (κ2) is 12.9. The molecular formula is C31H39F3N6O4. The van der Waals surface area contributed by atoms with E-state index >= 15 is 0 Å². The summed E-state index contributed by atoms with van der Waals surface area (Å²) in [7, 11) is 1.45. The summed E-state index contributed by atoms with van der Waals surface area (Å²) in [6, 6.07) is 4.85. The maximum Gasteiger partial charge on any atom is 0.401 e. The smallest absolute Gasteiger partial charge is 0.401 e. The van der Waals surface area contributed by atoms with Gasteiger partial charge in [-0.2, -0.15) is 13.2 Å². The highest BCUT2D eigenvalue weighted by Gasteiger charge is 2.34. The zero-order valence-electron chi connectivity index (χ0n) is 25.8. The molecule has 13 heteroatoms. The van der Waals surface area contributed by atoms with Crippen LogP contribution in [0.4, 0.5) is 13.2 Å². The van der Waals surface area contributed by atoms with E-state index in [1.165, 1.54) is 18.9 Å². The molecule has 0 bridgehead atoms. The minimum absolute atomic E-state index is 0.0946. The number of allylic oxidation sites excluding steroid dienone is 2. The van der Waals surface area contributed by atoms with Gasteiger partial charge in [-0.05, 0) is 58.4 Å². The minimum atomic E-state index is -4.27. The Balaban J connectivity index is 1.77. The second-order valence-electron chi connectivity index (χ2n) is 11.3. The fraction of sp³-hybridized carbons (Fsp3) is 0.452. The van der Waals surface area contributed by atoms with Crippen molar-refractivity contribution in [3.63, 3.8) is 0 Å². The van der Waals surface area contributed by atoms with E-state index in [0.29, 0.717) is 58.0 Å². The number of rotatable bonds is 9. The largest absolute Gasteiger partial charge is 0.496 e. The van der Waals surface area contributed by atoms with Gasteiger partial charge in [0.05, 0.1) is 31.3 Å². The number of H-pyrrole nitrogens is 1. The number of nitrogens with zero attached hydrogens (tertiary/aromatic N) is 3. The number of fused-ring (bicyclic) bond motifs is 1. The molecule has 4 heterocycles. The zero-order valence-corrected chi connectivity index (χ0v) is 25.8. The van der Waals surface area contributed by atoms with Gasteiger partial charge in [0.15, 0.2) is 5.78 Å². The van der Waals surface area contributed by atoms with Gasteiger partial charge in [0, 0.05) is 72.2 Å². The second-order valence-corrected chi connectivity index (χ2v) is 11.3. The highest BCUT2D eigenvalue weighted by Crippen LogP contribution is 2.33. The number of methoxy groups -OCH3 is 1. The van der Waals surface area contributed by atoms with Gasteiger partial charge in [0.1, 0.15) is 5.75 Å². The molecule has 1 unspecified atom stereocenters. The van der Waals surface area contributed by atoms with Gasteiger partial charge in [-0.25, -0.2) is 0 Å². The molecule has 1 atom stereocenters. The number of Topliss-reactive ketones (excluding diaryl/α,β-unsaturated/α-hetero) is 1. The predicted octanol–water partition coefficient (Wildman–Crippen LogP) is 3.70. The number of carbonyl (C=O) groups excluding carboxylic acids is 2. The van der Waals surface area contributed by atoms with Crippen molar-refractivity contribution in [3.05, 3.63) is 74.1 Å². The van der Waals surface area contributed by atoms with E-state index in [1.54, 1.807) is 32.0 Å². The Kier molecular flexibility index (Phi) is 9.59. The number of ether oxygens (including phenoxy) is 1. The molecule has 1 fully saturated rings. The fourth-order valence-electron chi connectivity index (χ4n) is 6.04. The van der Waals surface area contributed by atoms with E-state index in [1.807, 2.05) is 24.4 Å². The molecular weight excluding hydrogens is 577 g/mol. The normalized spacial score (nSPS) is 16.1. The first-order chi connectivity index (χ1) is 20.6. The van der Waals surface area contributed by atoms with Crippen molar-refractivity contribution in [1.82, 2.24) is 24.5 Å². The van der Waals surface area contributed by atoms with Crippen LogP contribution in [0.25, 0.3) is 11.1 Å². The van der Waals surface area contributed by atoms with Crippen LogP contribution in [0.3, 0.4) is 0 Å². The molecule has 1 amide bonds. The number of alkyl halides is 3. The Morgan fingerprint density at radius 3 is 2.34 bits per heavy atom. The topological polar surface area (TPSA) is 125 Å². The van der Waals surface area contributed by atoms with E-state index in [2.05, 4.69) is 15.2 Å². The SMILES string of the molecule is COc1cc(C)[nH]c(=O)c1CNC(=O)c1cc2c(C(C(C)=O)=C(C)N)ccn2c(C(C)N2CCN(CC(F)(F)F)CC2)c1C. The summed E-state index contributed by atoms with van der Waals surface area (Å²) >= 11 is 0. The third kappa shape index (κ3) is 6.83. The molecule has 238 valence electrons. The van der Waals surface area contributed by atoms with Crippen molar-refractivity contribution in [2.24, 2.45) is 5.73 Å². The number of nitrogens with one attached hydrogen (secondary N) is 2. The third-order valence-corrected chi connectivity index (χ3v) is 8.14. The quantitative estimate of drug-likeness (QED) is 0.313. The minimum Gasteiger partial charge on any atom is -0.496 e. The van der Waals surface area contributed by atoms with Crippen molar-refractivity contribution in [1.29, 1.82) is 0 Å². The van der Waals surface area contributed by atoms with E-state index in [0.717, 1.165) is 5.69 Å². The summed E-state index contributed by atoms with van der Waals surface area (Å²) in [4.78, 5) is 45.2. The molecule has 10 nitrogen and oxygen atoms in total. The van der Waals surface area contributed by atoms with Crippen LogP contribution >= 0.6 is 0 Å². The molecule has 3 aromatic rings. The fourth-order valence-corrected chi connectivity index (χ4v) is 6.04. The van der Waals surface area contributed by atoms with Crippen molar-refractivity contribution >= 4 is 22.8 Å². The van der Waals surface area contributed by atoms with Crippen LogP contribution in [0.15, 0.2) is 34.9 Å². The Morgan fingerprint density at radius 1 is 1.11 bits per heavy atom. The number of aryl methyl sites for hydroxylation is 1. The first kappa shape index (κ1) is 32.8. The molecule has 0 saturated carbocycles. The number of pyridine rings is 2. The lowest BCUT2D eigenvalue weighted by Crippen LogP contribution is -2.49. The summed E-state index contributed by atoms with van der Waals surface area (Å²) in [5, 5.41) is 2.84. The first-order valence-corrected chi connectivity index (χ1v) is 14.3. The highest BCUT2D eigenvalue weighted by molar-refractivity contribution is 6.22. The van der Waals surface area contributed by atoms with Crippen molar-refractivity contribution in [3.8, 4) is 5.75 Å². The average Bonchev–Trinajstić information content (AvgIpc) is 3.33. The van der Waals surface area contributed by atoms with Crippen molar-refractivity contribution in [2.45, 2.75) is 53.4 Å². The maximum atomic E-state index is 13.8. The Hall–Kier alpha value is -4.10. The Labute approximate surface area is 253 Å². The molecule has 1 saturated heterocycles. The summed E-state index contributed by atoms with van der Waals surface area (Å²) in [5.74, 6) is -0.326. The molecule has 0 radical (unpaired) electrons. The van der Waals surface area contributed by atoms with Gasteiger partial charge >= 0.3 is 6.18 Å². The standard InChI is InChI=1S/C31H39F3N6O4/c1-17-13-26(44-6)24(30(43)37-17)15-36-29(42)23-14-25-22(27(19(3)35)21(5)41)7-8-40(25)28(18(23)2)20(4)39-11-9-38(10-12-39)16-31(32,33)34/h7-8,13-14,20H,9-12,15-16,35H2,1-6H3,(H,36,42)(H,37,43). The number of hydrogen-bond acceptors (Lipinski definition) is 7. The van der Waals surface area contributed by atoms with Gasteiger partial charge in [-0.1, -0.05) is 0 Å². The van der Waals surface area contributed by atoms with Gasteiger partial charge in [0.25, 0.3) is 11.5 Å². The van der Waals surface area contributed by atoms with E-state index < -0.39 is 18.6 Å². The molecule has 4 N–H and O–H groups in total. The Bertz CT molecular complexity index is 1660. The lowest BCUT2D eigenvalue weighted by molar-refractivity contribution is -0.149. The molecule has 44 heavy (non-hydrogen) atoms. The molecule has 4 rings (SSSR count). The Morgan fingerprint density at radius 2 is 1.77 bits per heavy atom. The summed E-state index contributed by atoms with van der Waals surface area (Å²) in [6.07, 6.45) is -2.45. The molecule has 0 aliphatic carbocycles. The molecule has 3 aromatic heterocycles. The zero-order chi connectivity index (χ0) is 32.5. The molecule has 1 aliphatic heterocycles. The number of aromatic nitrogens is 2. The average molecular weight is 617 g/mol. The number of nitrogens with two attached hydrogens (primary N) is 1. The predicted molar refractivity (Wildman–Crippen MR) is 162 cm³/mol. The lowest BCUT2D eigenvalue weighted by atomic mass is 9.97. The number of aromatic amines is 1. The van der Waals surface area contributed by atoms with Crippen molar-refractivity contribution in [2.75, 3.05) is 39.8 Å². The monoisotopic (exact) mass is 616 g/mol. The van der Waals surface area contributed by atoms with E-state index in [-0.39, 0.29) is 42.6 Å². The van der Waals surface area contributed by atoms with Gasteiger partial charge in [0.2, 0.25) is 0 Å². The van der Waals surface area contributed by atoms with Crippen LogP contribution in [-0.4, -0.2) is 76.9 Å². The van der Waals surface area contributed by atoms with E-state index in [4.69, 9.17) is 10.5 Å². The highest BCUT2D eigenvalue weighted by atomic mass is 19.4. The lowest BCUT2D eigenvalue weighted by Gasteiger charge is -2.39. The maximum absolute atomic E-state index is 13.8. The summed E-state index contributed by atoms with van der Waals surface area (Å²) in [6.45, 7) is 8.81. The van der Waals surface area contributed by atoms with Crippen LogP contribution in [0.5, 0.6) is 5.75 Å². The van der Waals surface area contributed by atoms with Crippen LogP contribution in [0, 0.1) is 13.8 Å². The van der Waals surface area contributed by atoms with Crippen molar-refractivity contribution < 1.29 is 27.5 Å². The molecule has 0 aromatic carbocycles. The number of piperazine rings is 1. The van der Waals surface area contributed by atoms with Crippen LogP contribution in [0.1, 0.15) is 65.2 Å². The van der Waals surface area contributed by atoms with Gasteiger partial charge in [-0.15, -0.1) is 0 Å². The number of halogens is 3. The molecule has 0 spiro atoms. The number of ketones is 1. The van der Waals surface area contributed by atoms with Crippen LogP contribution in [0.2, 0.25) is 0 Å². The molecule has 1 aliphatic rings. The first-order valence-electron chi connectivity index (χ1n) is 14.3. The van der Waals surface area contributed by atoms with Crippen LogP contribution < -0.4 is 21.3 Å². The summed E-state index contributed by atoms with van der Waals surface area (Å²) in [5.41, 5.74) is 10.2. The number of amides is 1. The van der Waals surface area contributed by atoms with Gasteiger partial charge in [-0.3, -0.25) is 24.2 Å². The summed E-state index contributed by atoms with van der Waals surface area (Å²) < 4.78 is 46.2. The third-order valence-electron chi connectivity index (χ3n) is 8.14. The number of carbonyl (C=O) groups is 2.